The van der Waals surface area contributed by atoms with E-state index in [-0.39, 0.29) is 18.1 Å². The van der Waals surface area contributed by atoms with E-state index in [9.17, 15) is 14.9 Å². The lowest BCUT2D eigenvalue weighted by Gasteiger charge is -2.37. The Labute approximate surface area is 172 Å². The third-order valence-corrected chi connectivity index (χ3v) is 6.25. The average Bonchev–Trinajstić information content (AvgIpc) is 3.33. The normalized spacial score (nSPS) is 16.4. The van der Waals surface area contributed by atoms with Gasteiger partial charge in [-0.1, -0.05) is 18.6 Å². The predicted octanol–water partition coefficient (Wildman–Crippen LogP) is 3.96. The van der Waals surface area contributed by atoms with Crippen LogP contribution in [0.1, 0.15) is 30.4 Å². The first-order chi connectivity index (χ1) is 14.5. The molecule has 1 amide bonds. The van der Waals surface area contributed by atoms with Gasteiger partial charge in [-0.15, -0.1) is 0 Å². The van der Waals surface area contributed by atoms with Gasteiger partial charge in [0.05, 0.1) is 29.7 Å². The van der Waals surface area contributed by atoms with Gasteiger partial charge in [0, 0.05) is 17.8 Å². The molecule has 1 saturated carbocycles. The fourth-order valence-corrected chi connectivity index (χ4v) is 4.53. The summed E-state index contributed by atoms with van der Waals surface area (Å²) < 4.78 is 5.20. The number of nitro groups is 1. The van der Waals surface area contributed by atoms with E-state index in [2.05, 4.69) is 10.2 Å². The van der Waals surface area contributed by atoms with Crippen LogP contribution in [0.25, 0.3) is 11.3 Å². The maximum Gasteiger partial charge on any atom is 0.293 e. The number of fused-ring (bicyclic) bond motifs is 2. The molecule has 0 atom stereocenters. The number of amides is 1. The molecule has 0 bridgehead atoms. The van der Waals surface area contributed by atoms with Crippen molar-refractivity contribution in [2.45, 2.75) is 31.2 Å². The molecule has 2 heterocycles. The van der Waals surface area contributed by atoms with E-state index in [4.69, 9.17) is 4.74 Å². The van der Waals surface area contributed by atoms with Gasteiger partial charge in [0.25, 0.3) is 5.69 Å². The lowest BCUT2D eigenvalue weighted by Crippen LogP contribution is -2.44. The molecule has 1 aliphatic carbocycles. The van der Waals surface area contributed by atoms with Crippen molar-refractivity contribution in [3.8, 4) is 17.0 Å². The number of hydrogen-bond acceptors (Lipinski definition) is 5. The number of aromatic nitrogens is 2. The molecule has 2 aromatic carbocycles. The van der Waals surface area contributed by atoms with E-state index in [1.807, 2.05) is 30.3 Å². The van der Waals surface area contributed by atoms with Crippen LogP contribution in [0.3, 0.4) is 0 Å². The highest BCUT2D eigenvalue weighted by atomic mass is 16.6. The molecule has 1 spiro atoms. The van der Waals surface area contributed by atoms with Crippen LogP contribution in [0, 0.1) is 10.1 Å². The molecule has 8 nitrogen and oxygen atoms in total. The SMILES string of the molecule is COc1ccc(CN2C(=O)C3(CCC3)c3cc(-c4ccn[nH]4)cc([N+](=O)[O-])c32)cc1. The van der Waals surface area contributed by atoms with Gasteiger partial charge in [0.1, 0.15) is 11.4 Å². The maximum absolute atomic E-state index is 13.5. The molecule has 1 fully saturated rings. The zero-order valence-electron chi connectivity index (χ0n) is 16.4. The highest BCUT2D eigenvalue weighted by Crippen LogP contribution is 2.57. The average molecular weight is 404 g/mol. The number of anilines is 1. The topological polar surface area (TPSA) is 101 Å². The number of H-pyrrole nitrogens is 1. The van der Waals surface area contributed by atoms with Crippen molar-refractivity contribution >= 4 is 17.3 Å². The molecule has 1 N–H and O–H groups in total. The quantitative estimate of drug-likeness (QED) is 0.512. The van der Waals surface area contributed by atoms with Gasteiger partial charge in [-0.05, 0) is 48.2 Å². The number of methoxy groups -OCH3 is 1. The van der Waals surface area contributed by atoms with Crippen molar-refractivity contribution in [1.82, 2.24) is 10.2 Å². The molecule has 0 unspecified atom stereocenters. The van der Waals surface area contributed by atoms with Crippen LogP contribution in [-0.2, 0) is 16.8 Å². The van der Waals surface area contributed by atoms with E-state index in [1.54, 1.807) is 24.3 Å². The van der Waals surface area contributed by atoms with E-state index in [0.29, 0.717) is 29.8 Å². The van der Waals surface area contributed by atoms with Gasteiger partial charge >= 0.3 is 0 Å². The van der Waals surface area contributed by atoms with E-state index < -0.39 is 10.3 Å². The molecule has 30 heavy (non-hydrogen) atoms. The molecule has 152 valence electrons. The summed E-state index contributed by atoms with van der Waals surface area (Å²) in [4.78, 5) is 26.7. The Hall–Kier alpha value is -3.68. The van der Waals surface area contributed by atoms with Crippen molar-refractivity contribution in [2.75, 3.05) is 12.0 Å². The van der Waals surface area contributed by atoms with E-state index in [1.165, 1.54) is 6.07 Å². The zero-order valence-corrected chi connectivity index (χ0v) is 16.4. The minimum atomic E-state index is -0.664. The Morgan fingerprint density at radius 3 is 2.57 bits per heavy atom. The monoisotopic (exact) mass is 404 g/mol. The summed E-state index contributed by atoms with van der Waals surface area (Å²) in [7, 11) is 1.59. The smallest absolute Gasteiger partial charge is 0.293 e. The Balaban J connectivity index is 1.65. The first kappa shape index (κ1) is 18.4. The third kappa shape index (κ3) is 2.60. The minimum Gasteiger partial charge on any atom is -0.497 e. The Morgan fingerprint density at radius 2 is 2.00 bits per heavy atom. The number of benzene rings is 2. The number of aromatic amines is 1. The van der Waals surface area contributed by atoms with Crippen LogP contribution in [0.5, 0.6) is 5.75 Å². The van der Waals surface area contributed by atoms with Crippen LogP contribution in [-0.4, -0.2) is 28.1 Å². The van der Waals surface area contributed by atoms with Crippen LogP contribution < -0.4 is 9.64 Å². The van der Waals surface area contributed by atoms with Gasteiger partial charge in [-0.25, -0.2) is 0 Å². The number of carbonyl (C=O) groups excluding carboxylic acids is 1. The molecule has 8 heteroatoms. The number of nitrogens with one attached hydrogen (secondary N) is 1. The third-order valence-electron chi connectivity index (χ3n) is 6.25. The van der Waals surface area contributed by atoms with Gasteiger partial charge in [-0.2, -0.15) is 5.10 Å². The molecule has 0 radical (unpaired) electrons. The number of ether oxygens (including phenoxy) is 1. The molecule has 3 aromatic rings. The van der Waals surface area contributed by atoms with Gasteiger partial charge < -0.3 is 9.64 Å². The Morgan fingerprint density at radius 1 is 1.23 bits per heavy atom. The fourth-order valence-electron chi connectivity index (χ4n) is 4.53. The van der Waals surface area contributed by atoms with Crippen molar-refractivity contribution in [3.63, 3.8) is 0 Å². The van der Waals surface area contributed by atoms with E-state index in [0.717, 1.165) is 23.3 Å². The first-order valence-electron chi connectivity index (χ1n) is 9.81. The predicted molar refractivity (Wildman–Crippen MR) is 110 cm³/mol. The molecule has 0 saturated heterocycles. The molecule has 1 aliphatic heterocycles. The van der Waals surface area contributed by atoms with Crippen molar-refractivity contribution in [2.24, 2.45) is 0 Å². The van der Waals surface area contributed by atoms with Gasteiger partial charge in [-0.3, -0.25) is 20.0 Å². The highest BCUT2D eigenvalue weighted by molar-refractivity contribution is 6.11. The summed E-state index contributed by atoms with van der Waals surface area (Å²) in [6.45, 7) is 0.280. The van der Waals surface area contributed by atoms with Crippen molar-refractivity contribution in [1.29, 1.82) is 0 Å². The second kappa shape index (κ2) is 6.69. The largest absolute Gasteiger partial charge is 0.497 e. The highest BCUT2D eigenvalue weighted by Gasteiger charge is 2.56. The van der Waals surface area contributed by atoms with Gasteiger partial charge in [0.15, 0.2) is 0 Å². The summed E-state index contributed by atoms with van der Waals surface area (Å²) in [5.74, 6) is 0.668. The summed E-state index contributed by atoms with van der Waals surface area (Å²) in [6, 6.07) is 12.6. The molecular weight excluding hydrogens is 384 g/mol. The van der Waals surface area contributed by atoms with Crippen LogP contribution in [0.15, 0.2) is 48.7 Å². The van der Waals surface area contributed by atoms with Crippen molar-refractivity contribution in [3.05, 3.63) is 69.9 Å². The van der Waals surface area contributed by atoms with Crippen LogP contribution in [0.4, 0.5) is 11.4 Å². The first-order valence-corrected chi connectivity index (χ1v) is 9.81. The second-order valence-electron chi connectivity index (χ2n) is 7.79. The lowest BCUT2D eigenvalue weighted by atomic mass is 9.65. The molecule has 1 aromatic heterocycles. The number of nitrogens with zero attached hydrogens (tertiary/aromatic N) is 3. The minimum absolute atomic E-state index is 0.0515. The number of nitro benzene ring substituents is 1. The fraction of sp³-hybridized carbons (Fsp3) is 0.273. The van der Waals surface area contributed by atoms with Crippen LogP contribution >= 0.6 is 0 Å². The Bertz CT molecular complexity index is 1130. The number of rotatable bonds is 5. The standard InChI is InChI=1S/C22H20N4O4/c1-30-16-5-3-14(4-6-16)13-25-20-17(22(21(25)27)8-2-9-22)11-15(12-19(20)26(28)29)18-7-10-23-24-18/h3-7,10-12H,2,8-9,13H2,1H3,(H,23,24). The number of carbonyl (C=O) groups is 1. The summed E-state index contributed by atoms with van der Waals surface area (Å²) in [6.07, 6.45) is 3.96. The molecular formula is C22H20N4O4. The second-order valence-corrected chi connectivity index (χ2v) is 7.79. The van der Waals surface area contributed by atoms with Gasteiger partial charge in [0.2, 0.25) is 5.91 Å². The number of hydrogen-bond donors (Lipinski definition) is 1. The zero-order chi connectivity index (χ0) is 20.9. The van der Waals surface area contributed by atoms with E-state index >= 15 is 0 Å². The van der Waals surface area contributed by atoms with Crippen molar-refractivity contribution < 1.29 is 14.5 Å². The molecule has 5 rings (SSSR count). The lowest BCUT2D eigenvalue weighted by molar-refractivity contribution is -0.384. The summed E-state index contributed by atoms with van der Waals surface area (Å²) in [5, 5.41) is 18.8. The molecule has 2 aliphatic rings. The Kier molecular flexibility index (Phi) is 4.09. The van der Waals surface area contributed by atoms with Crippen LogP contribution in [0.2, 0.25) is 0 Å². The summed E-state index contributed by atoms with van der Waals surface area (Å²) in [5.41, 5.74) is 2.71. The maximum atomic E-state index is 13.5. The summed E-state index contributed by atoms with van der Waals surface area (Å²) >= 11 is 0.